The van der Waals surface area contributed by atoms with Crippen molar-refractivity contribution in [1.82, 2.24) is 9.88 Å². The van der Waals surface area contributed by atoms with E-state index in [1.165, 1.54) is 4.70 Å². The Kier molecular flexibility index (Phi) is 3.39. The molecule has 4 rings (SSSR count). The Morgan fingerprint density at radius 3 is 3.05 bits per heavy atom. The van der Waals surface area contributed by atoms with Gasteiger partial charge in [-0.25, -0.2) is 4.98 Å². The van der Waals surface area contributed by atoms with Gasteiger partial charge in [0.1, 0.15) is 5.01 Å². The third kappa shape index (κ3) is 2.34. The molecule has 2 aliphatic rings. The Bertz CT molecular complexity index is 630. The van der Waals surface area contributed by atoms with Crippen LogP contribution in [-0.4, -0.2) is 35.5 Å². The van der Waals surface area contributed by atoms with E-state index >= 15 is 0 Å². The highest BCUT2D eigenvalue weighted by Crippen LogP contribution is 2.37. The van der Waals surface area contributed by atoms with Gasteiger partial charge in [-0.1, -0.05) is 12.1 Å². The molecule has 1 amide bonds. The van der Waals surface area contributed by atoms with Gasteiger partial charge in [0.05, 0.1) is 28.8 Å². The van der Waals surface area contributed by atoms with E-state index in [1.807, 2.05) is 23.1 Å². The highest BCUT2D eigenvalue weighted by Gasteiger charge is 2.36. The van der Waals surface area contributed by atoms with Crippen molar-refractivity contribution in [1.29, 1.82) is 0 Å². The van der Waals surface area contributed by atoms with E-state index < -0.39 is 0 Å². The van der Waals surface area contributed by atoms with Gasteiger partial charge in [-0.15, -0.1) is 11.3 Å². The van der Waals surface area contributed by atoms with Crippen molar-refractivity contribution in [3.63, 3.8) is 0 Å². The number of para-hydroxylation sites is 1. The average Bonchev–Trinajstić information content (AvgIpc) is 3.24. The molecular formula is C16H18N2O2S. The standard InChI is InChI=1S/C16H18N2O2S/c19-16(11-7-9-20-10-11)18-8-3-5-13(18)15-17-12-4-1-2-6-14(12)21-15/h1-2,4,6,11,13H,3,5,7-10H2/t11-,13-/m0/s1. The molecule has 1 aromatic heterocycles. The minimum atomic E-state index is 0.0555. The van der Waals surface area contributed by atoms with Crippen LogP contribution in [0.3, 0.4) is 0 Å². The fraction of sp³-hybridized carbons (Fsp3) is 0.500. The summed E-state index contributed by atoms with van der Waals surface area (Å²) in [7, 11) is 0. The molecule has 1 aromatic carbocycles. The molecule has 0 aliphatic carbocycles. The van der Waals surface area contributed by atoms with Gasteiger partial charge in [0.15, 0.2) is 0 Å². The van der Waals surface area contributed by atoms with Gasteiger partial charge in [-0.05, 0) is 31.4 Å². The number of rotatable bonds is 2. The molecule has 110 valence electrons. The van der Waals surface area contributed by atoms with Gasteiger partial charge in [0.2, 0.25) is 5.91 Å². The number of ether oxygens (including phenoxy) is 1. The predicted molar refractivity (Wildman–Crippen MR) is 82.2 cm³/mol. The fourth-order valence-electron chi connectivity index (χ4n) is 3.28. The first-order valence-corrected chi connectivity index (χ1v) is 8.38. The second kappa shape index (κ2) is 5.39. The van der Waals surface area contributed by atoms with Crippen LogP contribution >= 0.6 is 11.3 Å². The number of hydrogen-bond donors (Lipinski definition) is 0. The molecule has 2 atom stereocenters. The normalized spacial score (nSPS) is 25.8. The average molecular weight is 302 g/mol. The van der Waals surface area contributed by atoms with Crippen molar-refractivity contribution in [3.8, 4) is 0 Å². The van der Waals surface area contributed by atoms with Crippen LogP contribution in [-0.2, 0) is 9.53 Å². The van der Waals surface area contributed by atoms with Gasteiger partial charge >= 0.3 is 0 Å². The van der Waals surface area contributed by atoms with E-state index in [-0.39, 0.29) is 17.9 Å². The number of likely N-dealkylation sites (tertiary alicyclic amines) is 1. The molecule has 0 saturated carbocycles. The molecule has 4 nitrogen and oxygen atoms in total. The number of carbonyl (C=O) groups excluding carboxylic acids is 1. The van der Waals surface area contributed by atoms with E-state index in [9.17, 15) is 4.79 Å². The molecule has 0 radical (unpaired) electrons. The summed E-state index contributed by atoms with van der Waals surface area (Å²) in [6, 6.07) is 8.36. The molecule has 2 saturated heterocycles. The molecule has 5 heteroatoms. The fourth-order valence-corrected chi connectivity index (χ4v) is 4.40. The molecule has 2 fully saturated rings. The van der Waals surface area contributed by atoms with E-state index in [4.69, 9.17) is 9.72 Å². The molecule has 0 N–H and O–H groups in total. The summed E-state index contributed by atoms with van der Waals surface area (Å²) in [5.74, 6) is 0.314. The van der Waals surface area contributed by atoms with Gasteiger partial charge in [0, 0.05) is 13.2 Å². The van der Waals surface area contributed by atoms with Crippen LogP contribution < -0.4 is 0 Å². The summed E-state index contributed by atoms with van der Waals surface area (Å²) in [4.78, 5) is 19.5. The second-order valence-electron chi connectivity index (χ2n) is 5.77. The topological polar surface area (TPSA) is 42.4 Å². The third-order valence-electron chi connectivity index (χ3n) is 4.41. The molecule has 0 bridgehead atoms. The Labute approximate surface area is 127 Å². The van der Waals surface area contributed by atoms with Crippen molar-refractivity contribution < 1.29 is 9.53 Å². The lowest BCUT2D eigenvalue weighted by Gasteiger charge is -2.25. The Morgan fingerprint density at radius 2 is 2.24 bits per heavy atom. The first-order valence-electron chi connectivity index (χ1n) is 7.56. The highest BCUT2D eigenvalue weighted by atomic mass is 32.1. The third-order valence-corrected chi connectivity index (χ3v) is 5.55. The second-order valence-corrected chi connectivity index (χ2v) is 6.83. The lowest BCUT2D eigenvalue weighted by molar-refractivity contribution is -0.136. The van der Waals surface area contributed by atoms with Crippen molar-refractivity contribution in [2.45, 2.75) is 25.3 Å². The van der Waals surface area contributed by atoms with E-state index in [0.29, 0.717) is 6.61 Å². The zero-order chi connectivity index (χ0) is 14.2. The first-order chi connectivity index (χ1) is 10.3. The maximum absolute atomic E-state index is 12.7. The Balaban J connectivity index is 1.62. The SMILES string of the molecule is O=C([C@H]1CCOC1)N1CCC[C@H]1c1nc2ccccc2s1. The minimum Gasteiger partial charge on any atom is -0.381 e. The summed E-state index contributed by atoms with van der Waals surface area (Å²) >= 11 is 1.72. The smallest absolute Gasteiger partial charge is 0.228 e. The van der Waals surface area contributed by atoms with Crippen LogP contribution in [0.4, 0.5) is 0 Å². The van der Waals surface area contributed by atoms with Gasteiger partial charge in [-0.3, -0.25) is 4.79 Å². The number of fused-ring (bicyclic) bond motifs is 1. The van der Waals surface area contributed by atoms with Crippen LogP contribution in [0.2, 0.25) is 0 Å². The predicted octanol–water partition coefficient (Wildman–Crippen LogP) is 3.00. The highest BCUT2D eigenvalue weighted by molar-refractivity contribution is 7.18. The molecular weight excluding hydrogens is 284 g/mol. The van der Waals surface area contributed by atoms with Crippen LogP contribution in [0.25, 0.3) is 10.2 Å². The molecule has 2 aliphatic heterocycles. The Hall–Kier alpha value is -1.46. The largest absolute Gasteiger partial charge is 0.381 e. The van der Waals surface area contributed by atoms with Gasteiger partial charge in [0.25, 0.3) is 0 Å². The van der Waals surface area contributed by atoms with Gasteiger partial charge in [-0.2, -0.15) is 0 Å². The van der Waals surface area contributed by atoms with E-state index in [2.05, 4.69) is 6.07 Å². The van der Waals surface area contributed by atoms with Crippen molar-refractivity contribution >= 4 is 27.5 Å². The quantitative estimate of drug-likeness (QED) is 0.856. The zero-order valence-electron chi connectivity index (χ0n) is 11.8. The summed E-state index contributed by atoms with van der Waals surface area (Å²) in [5, 5.41) is 1.08. The maximum Gasteiger partial charge on any atom is 0.228 e. The lowest BCUT2D eigenvalue weighted by atomic mass is 10.1. The Morgan fingerprint density at radius 1 is 1.33 bits per heavy atom. The molecule has 0 spiro atoms. The van der Waals surface area contributed by atoms with Crippen LogP contribution in [0.1, 0.15) is 30.3 Å². The molecule has 0 unspecified atom stereocenters. The number of amides is 1. The van der Waals surface area contributed by atoms with Crippen molar-refractivity contribution in [2.75, 3.05) is 19.8 Å². The van der Waals surface area contributed by atoms with Crippen LogP contribution in [0, 0.1) is 5.92 Å². The number of thiazole rings is 1. The van der Waals surface area contributed by atoms with Crippen molar-refractivity contribution in [2.24, 2.45) is 5.92 Å². The van der Waals surface area contributed by atoms with Crippen LogP contribution in [0.5, 0.6) is 0 Å². The number of hydrogen-bond acceptors (Lipinski definition) is 4. The summed E-state index contributed by atoms with van der Waals surface area (Å²) in [6.45, 7) is 2.16. The minimum absolute atomic E-state index is 0.0555. The molecule has 3 heterocycles. The summed E-state index contributed by atoms with van der Waals surface area (Å²) in [6.07, 6.45) is 2.96. The summed E-state index contributed by atoms with van der Waals surface area (Å²) < 4.78 is 6.57. The zero-order valence-corrected chi connectivity index (χ0v) is 12.6. The van der Waals surface area contributed by atoms with Crippen LogP contribution in [0.15, 0.2) is 24.3 Å². The first kappa shape index (κ1) is 13.2. The van der Waals surface area contributed by atoms with E-state index in [1.54, 1.807) is 11.3 Å². The number of aromatic nitrogens is 1. The molecule has 21 heavy (non-hydrogen) atoms. The number of nitrogens with zero attached hydrogens (tertiary/aromatic N) is 2. The molecule has 2 aromatic rings. The maximum atomic E-state index is 12.7. The summed E-state index contributed by atoms with van der Waals surface area (Å²) in [5.41, 5.74) is 1.04. The van der Waals surface area contributed by atoms with Gasteiger partial charge < -0.3 is 9.64 Å². The number of carbonyl (C=O) groups is 1. The van der Waals surface area contributed by atoms with E-state index in [0.717, 1.165) is 42.9 Å². The van der Waals surface area contributed by atoms with Crippen molar-refractivity contribution in [3.05, 3.63) is 29.3 Å². The lowest BCUT2D eigenvalue weighted by Crippen LogP contribution is -2.36. The monoisotopic (exact) mass is 302 g/mol. The number of benzene rings is 1.